The summed E-state index contributed by atoms with van der Waals surface area (Å²) in [5.41, 5.74) is 1.53. The van der Waals surface area contributed by atoms with E-state index in [2.05, 4.69) is 10.3 Å². The molecule has 1 aromatic carbocycles. The Labute approximate surface area is 156 Å². The first kappa shape index (κ1) is 18.1. The number of nitrogens with zero attached hydrogens (tertiary/aromatic N) is 1. The van der Waals surface area contributed by atoms with Gasteiger partial charge in [-0.05, 0) is 37.4 Å². The quantitative estimate of drug-likeness (QED) is 0.603. The zero-order chi connectivity index (χ0) is 18.4. The van der Waals surface area contributed by atoms with Crippen molar-refractivity contribution in [2.24, 2.45) is 0 Å². The van der Waals surface area contributed by atoms with Gasteiger partial charge in [0.15, 0.2) is 0 Å². The second-order valence-corrected chi connectivity index (χ2v) is 6.77. The molecule has 0 radical (unpaired) electrons. The number of aromatic nitrogens is 1. The number of rotatable bonds is 7. The molecular weight excluding hydrogens is 348 g/mol. The molecule has 134 valence electrons. The predicted molar refractivity (Wildman–Crippen MR) is 103 cm³/mol. The molecule has 1 N–H and O–H groups in total. The molecule has 3 rings (SSSR count). The summed E-state index contributed by atoms with van der Waals surface area (Å²) in [6, 6.07) is 15.0. The van der Waals surface area contributed by atoms with Gasteiger partial charge in [0.2, 0.25) is 6.29 Å². The number of carbonyl (C=O) groups is 1. The van der Waals surface area contributed by atoms with Gasteiger partial charge >= 0.3 is 0 Å². The van der Waals surface area contributed by atoms with Crippen molar-refractivity contribution < 1.29 is 14.3 Å². The normalized spacial score (nSPS) is 12.0. The second-order valence-electron chi connectivity index (χ2n) is 5.86. The highest BCUT2D eigenvalue weighted by Crippen LogP contribution is 2.31. The Balaban J connectivity index is 1.79. The van der Waals surface area contributed by atoms with Gasteiger partial charge in [-0.1, -0.05) is 30.3 Å². The van der Waals surface area contributed by atoms with Crippen molar-refractivity contribution in [3.63, 3.8) is 0 Å². The van der Waals surface area contributed by atoms with Crippen LogP contribution >= 0.6 is 11.3 Å². The molecule has 5 nitrogen and oxygen atoms in total. The number of amides is 1. The van der Waals surface area contributed by atoms with E-state index in [0.717, 1.165) is 5.56 Å². The Kier molecular flexibility index (Phi) is 5.99. The molecule has 6 heteroatoms. The van der Waals surface area contributed by atoms with Gasteiger partial charge in [0.1, 0.15) is 10.6 Å². The maximum absolute atomic E-state index is 12.6. The molecule has 0 aliphatic rings. The fourth-order valence-electron chi connectivity index (χ4n) is 2.33. The molecule has 0 fully saturated rings. The van der Waals surface area contributed by atoms with Crippen molar-refractivity contribution in [2.75, 3.05) is 5.32 Å². The first-order valence-corrected chi connectivity index (χ1v) is 9.17. The number of hydrogen-bond acceptors (Lipinski definition) is 5. The highest BCUT2D eigenvalue weighted by Gasteiger charge is 2.21. The fourth-order valence-corrected chi connectivity index (χ4v) is 3.05. The van der Waals surface area contributed by atoms with Gasteiger partial charge < -0.3 is 14.8 Å². The predicted octanol–water partition coefficient (Wildman–Crippen LogP) is 4.90. The molecular formula is C20H20N2O3S. The van der Waals surface area contributed by atoms with Crippen LogP contribution < -0.4 is 10.1 Å². The van der Waals surface area contributed by atoms with Gasteiger partial charge in [-0.3, -0.25) is 9.78 Å². The van der Waals surface area contributed by atoms with Gasteiger partial charge in [0.25, 0.3) is 5.91 Å². The van der Waals surface area contributed by atoms with Crippen LogP contribution in [0.15, 0.2) is 66.3 Å². The van der Waals surface area contributed by atoms with Gasteiger partial charge in [0.05, 0.1) is 18.0 Å². The largest absolute Gasteiger partial charge is 0.459 e. The lowest BCUT2D eigenvalue weighted by Gasteiger charge is -2.22. The topological polar surface area (TPSA) is 60.5 Å². The number of benzene rings is 1. The molecule has 0 aliphatic heterocycles. The van der Waals surface area contributed by atoms with Gasteiger partial charge in [0, 0.05) is 11.8 Å². The van der Waals surface area contributed by atoms with E-state index in [1.807, 2.05) is 49.6 Å². The van der Waals surface area contributed by atoms with E-state index in [-0.39, 0.29) is 12.0 Å². The molecule has 0 aliphatic carbocycles. The van der Waals surface area contributed by atoms with Crippen molar-refractivity contribution in [2.45, 2.75) is 26.2 Å². The molecule has 1 atom stereocenters. The molecule has 26 heavy (non-hydrogen) atoms. The summed E-state index contributed by atoms with van der Waals surface area (Å²) in [5, 5.41) is 4.65. The van der Waals surface area contributed by atoms with Crippen molar-refractivity contribution in [1.29, 1.82) is 0 Å². The summed E-state index contributed by atoms with van der Waals surface area (Å²) < 4.78 is 12.0. The highest BCUT2D eigenvalue weighted by molar-refractivity contribution is 7.12. The van der Waals surface area contributed by atoms with E-state index >= 15 is 0 Å². The fraction of sp³-hybridized carbons (Fsp3) is 0.200. The molecule has 2 heterocycles. The van der Waals surface area contributed by atoms with E-state index in [4.69, 9.17) is 9.47 Å². The molecule has 0 bridgehead atoms. The van der Waals surface area contributed by atoms with Crippen LogP contribution in [0.2, 0.25) is 0 Å². The average Bonchev–Trinajstić information content (AvgIpc) is 3.11. The molecule has 0 saturated carbocycles. The van der Waals surface area contributed by atoms with Crippen molar-refractivity contribution in [3.05, 3.63) is 76.7 Å². The average molecular weight is 368 g/mol. The van der Waals surface area contributed by atoms with Crippen LogP contribution in [-0.2, 0) is 4.74 Å². The second kappa shape index (κ2) is 8.60. The standard InChI is InChI=1S/C20H20N2O3S/c1-14(2)24-20(15-7-4-3-5-8-15)25-17-10-12-26-18(17)19(23)22-16-9-6-11-21-13-16/h3-14,20H,1-2H3,(H,22,23). The van der Waals surface area contributed by atoms with Crippen LogP contribution in [0.3, 0.4) is 0 Å². The smallest absolute Gasteiger partial charge is 0.269 e. The minimum Gasteiger partial charge on any atom is -0.459 e. The maximum Gasteiger partial charge on any atom is 0.269 e. The summed E-state index contributed by atoms with van der Waals surface area (Å²) >= 11 is 1.32. The Hall–Kier alpha value is -2.70. The van der Waals surface area contributed by atoms with Gasteiger partial charge in [-0.15, -0.1) is 11.3 Å². The Morgan fingerprint density at radius 1 is 1.12 bits per heavy atom. The summed E-state index contributed by atoms with van der Waals surface area (Å²) in [6.07, 6.45) is 2.64. The number of thiophene rings is 1. The van der Waals surface area contributed by atoms with Crippen molar-refractivity contribution in [1.82, 2.24) is 4.98 Å². The minimum absolute atomic E-state index is 0.0217. The third-order valence-corrected chi connectivity index (χ3v) is 4.35. The van der Waals surface area contributed by atoms with Crippen LogP contribution in [0.1, 0.15) is 35.4 Å². The highest BCUT2D eigenvalue weighted by atomic mass is 32.1. The van der Waals surface area contributed by atoms with Crippen LogP contribution in [0, 0.1) is 0 Å². The lowest BCUT2D eigenvalue weighted by atomic mass is 10.2. The first-order chi connectivity index (χ1) is 12.6. The number of nitrogens with one attached hydrogen (secondary N) is 1. The molecule has 3 aromatic rings. The third-order valence-electron chi connectivity index (χ3n) is 3.46. The molecule has 0 saturated heterocycles. The van der Waals surface area contributed by atoms with Crippen LogP contribution in [0.5, 0.6) is 5.75 Å². The lowest BCUT2D eigenvalue weighted by Crippen LogP contribution is -2.18. The van der Waals surface area contributed by atoms with Gasteiger partial charge in [-0.25, -0.2) is 0 Å². The molecule has 0 spiro atoms. The number of ether oxygens (including phenoxy) is 2. The minimum atomic E-state index is -0.587. The van der Waals surface area contributed by atoms with E-state index in [9.17, 15) is 4.79 Å². The SMILES string of the molecule is CC(C)OC(Oc1ccsc1C(=O)Nc1cccnc1)c1ccccc1. The van der Waals surface area contributed by atoms with E-state index in [1.165, 1.54) is 11.3 Å². The van der Waals surface area contributed by atoms with E-state index in [1.54, 1.807) is 30.6 Å². The zero-order valence-corrected chi connectivity index (χ0v) is 15.4. The molecule has 1 amide bonds. The lowest BCUT2D eigenvalue weighted by molar-refractivity contribution is -0.111. The van der Waals surface area contributed by atoms with Crippen LogP contribution in [0.25, 0.3) is 0 Å². The third kappa shape index (κ3) is 4.68. The zero-order valence-electron chi connectivity index (χ0n) is 14.6. The molecule has 1 unspecified atom stereocenters. The van der Waals surface area contributed by atoms with Gasteiger partial charge in [-0.2, -0.15) is 0 Å². The summed E-state index contributed by atoms with van der Waals surface area (Å²) in [7, 11) is 0. The first-order valence-electron chi connectivity index (χ1n) is 8.29. The Bertz CT molecular complexity index is 835. The number of carbonyl (C=O) groups excluding carboxylic acids is 1. The Morgan fingerprint density at radius 3 is 2.62 bits per heavy atom. The van der Waals surface area contributed by atoms with Crippen LogP contribution in [-0.4, -0.2) is 17.0 Å². The van der Waals surface area contributed by atoms with E-state index < -0.39 is 6.29 Å². The maximum atomic E-state index is 12.6. The van der Waals surface area contributed by atoms with E-state index in [0.29, 0.717) is 16.3 Å². The summed E-state index contributed by atoms with van der Waals surface area (Å²) in [5.74, 6) is 0.255. The number of anilines is 1. The van der Waals surface area contributed by atoms with Crippen molar-refractivity contribution in [3.8, 4) is 5.75 Å². The number of hydrogen-bond donors (Lipinski definition) is 1. The Morgan fingerprint density at radius 2 is 1.92 bits per heavy atom. The summed E-state index contributed by atoms with van der Waals surface area (Å²) in [4.78, 5) is 17.1. The molecule has 2 aromatic heterocycles. The van der Waals surface area contributed by atoms with Crippen LogP contribution in [0.4, 0.5) is 5.69 Å². The monoisotopic (exact) mass is 368 g/mol. The van der Waals surface area contributed by atoms with Crippen molar-refractivity contribution >= 4 is 22.9 Å². The summed E-state index contributed by atoms with van der Waals surface area (Å²) in [6.45, 7) is 3.89. The number of pyridine rings is 1.